The molecular weight excluding hydrogens is 388 g/mol. The summed E-state index contributed by atoms with van der Waals surface area (Å²) in [5.74, 6) is 0.690. The molecule has 2 aromatic carbocycles. The second kappa shape index (κ2) is 9.61. The fourth-order valence-corrected chi connectivity index (χ4v) is 3.98. The zero-order valence-corrected chi connectivity index (χ0v) is 17.3. The maximum atomic E-state index is 13.1. The number of piperazine rings is 1. The molecule has 0 bridgehead atoms. The van der Waals surface area contributed by atoms with Crippen LogP contribution in [0.2, 0.25) is 5.02 Å². The van der Waals surface area contributed by atoms with Crippen molar-refractivity contribution in [3.8, 4) is 5.75 Å². The highest BCUT2D eigenvalue weighted by atomic mass is 35.5. The van der Waals surface area contributed by atoms with Gasteiger partial charge in [0.2, 0.25) is 0 Å². The summed E-state index contributed by atoms with van der Waals surface area (Å²) >= 11 is 5.96. The molecule has 29 heavy (non-hydrogen) atoms. The summed E-state index contributed by atoms with van der Waals surface area (Å²) in [6.45, 7) is 5.31. The number of hydrogen-bond acceptors (Lipinski definition) is 4. The molecule has 1 atom stereocenters. The summed E-state index contributed by atoms with van der Waals surface area (Å²) < 4.78 is 11.6. The zero-order valence-electron chi connectivity index (χ0n) is 16.6. The summed E-state index contributed by atoms with van der Waals surface area (Å²) in [4.78, 5) is 17.4. The molecule has 5 nitrogen and oxygen atoms in total. The van der Waals surface area contributed by atoms with E-state index in [0.29, 0.717) is 31.0 Å². The first kappa shape index (κ1) is 20.2. The number of halogens is 1. The van der Waals surface area contributed by atoms with Crippen LogP contribution in [-0.2, 0) is 11.3 Å². The summed E-state index contributed by atoms with van der Waals surface area (Å²) in [6.07, 6.45) is 2.23. The molecule has 1 amide bonds. The number of nitrogens with zero attached hydrogens (tertiary/aromatic N) is 2. The molecule has 0 saturated carbocycles. The van der Waals surface area contributed by atoms with Gasteiger partial charge in [0.05, 0.1) is 11.7 Å². The van der Waals surface area contributed by atoms with Crippen LogP contribution in [0.15, 0.2) is 48.5 Å². The van der Waals surface area contributed by atoms with Crippen molar-refractivity contribution in [3.63, 3.8) is 0 Å². The van der Waals surface area contributed by atoms with Gasteiger partial charge in [0.15, 0.2) is 0 Å². The zero-order chi connectivity index (χ0) is 20.1. The molecule has 2 aliphatic heterocycles. The Balaban J connectivity index is 1.32. The smallest absolute Gasteiger partial charge is 0.257 e. The van der Waals surface area contributed by atoms with Gasteiger partial charge in [0, 0.05) is 44.4 Å². The van der Waals surface area contributed by atoms with Crippen LogP contribution < -0.4 is 4.74 Å². The fourth-order valence-electron chi connectivity index (χ4n) is 3.86. The van der Waals surface area contributed by atoms with Crippen LogP contribution in [-0.4, -0.2) is 61.2 Å². The Bertz CT molecular complexity index is 813. The van der Waals surface area contributed by atoms with Gasteiger partial charge in [-0.25, -0.2) is 0 Å². The molecular formula is C23H27ClN2O3. The number of carbonyl (C=O) groups excluding carboxylic acids is 1. The van der Waals surface area contributed by atoms with E-state index in [4.69, 9.17) is 21.1 Å². The quantitative estimate of drug-likeness (QED) is 0.719. The minimum Gasteiger partial charge on any atom is -0.490 e. The predicted molar refractivity (Wildman–Crippen MR) is 114 cm³/mol. The minimum absolute atomic E-state index is 0.0408. The molecule has 0 N–H and O–H groups in total. The Hall–Kier alpha value is -2.08. The molecule has 0 aromatic heterocycles. The molecule has 2 saturated heterocycles. The van der Waals surface area contributed by atoms with Crippen LogP contribution in [0.5, 0.6) is 5.75 Å². The SMILES string of the molecule is O=C(c1ccccc1OCC1CCCO1)N1CCN(Cc2ccc(Cl)cc2)CC1. The molecule has 2 heterocycles. The largest absolute Gasteiger partial charge is 0.490 e. The van der Waals surface area contributed by atoms with E-state index in [-0.39, 0.29) is 12.0 Å². The molecule has 2 aromatic rings. The number of ether oxygens (including phenoxy) is 2. The molecule has 4 rings (SSSR count). The third-order valence-electron chi connectivity index (χ3n) is 5.55. The summed E-state index contributed by atoms with van der Waals surface area (Å²) in [5.41, 5.74) is 1.87. The van der Waals surface area contributed by atoms with Crippen LogP contribution in [0, 0.1) is 0 Å². The number of amides is 1. The molecule has 0 radical (unpaired) electrons. The molecule has 2 aliphatic rings. The Kier molecular flexibility index (Phi) is 6.70. The standard InChI is InChI=1S/C23H27ClN2O3/c24-19-9-7-18(8-10-19)16-25-11-13-26(14-12-25)23(27)21-5-1-2-6-22(21)29-17-20-4-3-15-28-20/h1-2,5-10,20H,3-4,11-17H2. The number of hydrogen-bond donors (Lipinski definition) is 0. The first-order valence-corrected chi connectivity index (χ1v) is 10.7. The van der Waals surface area contributed by atoms with Gasteiger partial charge in [-0.3, -0.25) is 9.69 Å². The summed E-state index contributed by atoms with van der Waals surface area (Å²) in [7, 11) is 0. The van der Waals surface area contributed by atoms with E-state index >= 15 is 0 Å². The summed E-state index contributed by atoms with van der Waals surface area (Å²) in [6, 6.07) is 15.5. The van der Waals surface area contributed by atoms with Crippen molar-refractivity contribution in [2.45, 2.75) is 25.5 Å². The predicted octanol–water partition coefficient (Wildman–Crippen LogP) is 3.86. The Morgan fingerprint density at radius 2 is 1.83 bits per heavy atom. The lowest BCUT2D eigenvalue weighted by molar-refractivity contribution is 0.0593. The third kappa shape index (κ3) is 5.30. The van der Waals surface area contributed by atoms with E-state index in [1.165, 1.54) is 5.56 Å². The lowest BCUT2D eigenvalue weighted by atomic mass is 10.1. The van der Waals surface area contributed by atoms with Crippen molar-refractivity contribution in [1.29, 1.82) is 0 Å². The topological polar surface area (TPSA) is 42.0 Å². The van der Waals surface area contributed by atoms with Gasteiger partial charge in [-0.05, 0) is 42.7 Å². The highest BCUT2D eigenvalue weighted by Crippen LogP contribution is 2.23. The van der Waals surface area contributed by atoms with E-state index in [9.17, 15) is 4.79 Å². The second-order valence-electron chi connectivity index (χ2n) is 7.64. The van der Waals surface area contributed by atoms with E-state index in [1.54, 1.807) is 0 Å². The van der Waals surface area contributed by atoms with Gasteiger partial charge in [0.25, 0.3) is 5.91 Å². The van der Waals surface area contributed by atoms with Crippen LogP contribution >= 0.6 is 11.6 Å². The molecule has 0 spiro atoms. The van der Waals surface area contributed by atoms with Crippen molar-refractivity contribution >= 4 is 17.5 Å². The van der Waals surface area contributed by atoms with Gasteiger partial charge in [-0.2, -0.15) is 0 Å². The van der Waals surface area contributed by atoms with Gasteiger partial charge in [-0.1, -0.05) is 35.9 Å². The monoisotopic (exact) mass is 414 g/mol. The Morgan fingerprint density at radius 3 is 2.55 bits per heavy atom. The maximum Gasteiger partial charge on any atom is 0.257 e. The van der Waals surface area contributed by atoms with Crippen LogP contribution in [0.4, 0.5) is 0 Å². The number of carbonyl (C=O) groups is 1. The van der Waals surface area contributed by atoms with Crippen molar-refractivity contribution in [2.24, 2.45) is 0 Å². The van der Waals surface area contributed by atoms with Crippen LogP contribution in [0.3, 0.4) is 0 Å². The van der Waals surface area contributed by atoms with Gasteiger partial charge >= 0.3 is 0 Å². The first-order valence-electron chi connectivity index (χ1n) is 10.3. The maximum absolute atomic E-state index is 13.1. The Morgan fingerprint density at radius 1 is 1.07 bits per heavy atom. The van der Waals surface area contributed by atoms with Crippen molar-refractivity contribution in [2.75, 3.05) is 39.4 Å². The first-order chi connectivity index (χ1) is 14.2. The lowest BCUT2D eigenvalue weighted by Gasteiger charge is -2.35. The van der Waals surface area contributed by atoms with Crippen molar-refractivity contribution in [1.82, 2.24) is 9.80 Å². The Labute approximate surface area is 177 Å². The number of rotatable bonds is 6. The van der Waals surface area contributed by atoms with Crippen LogP contribution in [0.1, 0.15) is 28.8 Å². The van der Waals surface area contributed by atoms with E-state index in [1.807, 2.05) is 41.3 Å². The highest BCUT2D eigenvalue weighted by molar-refractivity contribution is 6.30. The van der Waals surface area contributed by atoms with Gasteiger partial charge < -0.3 is 14.4 Å². The third-order valence-corrected chi connectivity index (χ3v) is 5.80. The average Bonchev–Trinajstić information content (AvgIpc) is 3.28. The molecule has 0 aliphatic carbocycles. The summed E-state index contributed by atoms with van der Waals surface area (Å²) in [5, 5.41) is 0.754. The lowest BCUT2D eigenvalue weighted by Crippen LogP contribution is -2.48. The molecule has 154 valence electrons. The average molecular weight is 415 g/mol. The highest BCUT2D eigenvalue weighted by Gasteiger charge is 2.25. The van der Waals surface area contributed by atoms with E-state index < -0.39 is 0 Å². The number of benzene rings is 2. The molecule has 1 unspecified atom stereocenters. The van der Waals surface area contributed by atoms with Crippen molar-refractivity contribution < 1.29 is 14.3 Å². The number of para-hydroxylation sites is 1. The second-order valence-corrected chi connectivity index (χ2v) is 8.07. The van der Waals surface area contributed by atoms with Crippen LogP contribution in [0.25, 0.3) is 0 Å². The van der Waals surface area contributed by atoms with E-state index in [0.717, 1.165) is 44.1 Å². The molecule has 2 fully saturated rings. The fraction of sp³-hybridized carbons (Fsp3) is 0.435. The minimum atomic E-state index is 0.0408. The normalized spacial score (nSPS) is 20.0. The van der Waals surface area contributed by atoms with Crippen molar-refractivity contribution in [3.05, 3.63) is 64.7 Å². The molecule has 6 heteroatoms. The van der Waals surface area contributed by atoms with E-state index in [2.05, 4.69) is 17.0 Å². The van der Waals surface area contributed by atoms with Gasteiger partial charge in [0.1, 0.15) is 12.4 Å². The van der Waals surface area contributed by atoms with Gasteiger partial charge in [-0.15, -0.1) is 0 Å².